The molecule has 4 rings (SSSR count). The number of aromatic nitrogens is 2. The average Bonchev–Trinajstić information content (AvgIpc) is 2.82. The van der Waals surface area contributed by atoms with E-state index in [1.807, 2.05) is 30.6 Å². The van der Waals surface area contributed by atoms with Gasteiger partial charge in [0.15, 0.2) is 0 Å². The molecule has 166 valence electrons. The molecule has 0 bridgehead atoms. The van der Waals surface area contributed by atoms with Gasteiger partial charge in [0.25, 0.3) is 0 Å². The van der Waals surface area contributed by atoms with E-state index >= 15 is 4.39 Å². The van der Waals surface area contributed by atoms with Gasteiger partial charge in [-0.3, -0.25) is 0 Å². The zero-order chi connectivity index (χ0) is 23.4. The lowest BCUT2D eigenvalue weighted by atomic mass is 9.97. The molecule has 0 saturated heterocycles. The smallest absolute Gasteiger partial charge is 0.144 e. The van der Waals surface area contributed by atoms with E-state index in [-0.39, 0.29) is 12.2 Å². The summed E-state index contributed by atoms with van der Waals surface area (Å²) in [5.74, 6) is -1.34. The zero-order valence-corrected chi connectivity index (χ0v) is 18.2. The van der Waals surface area contributed by atoms with Crippen molar-refractivity contribution in [2.75, 3.05) is 0 Å². The Morgan fingerprint density at radius 2 is 1.48 bits per heavy atom. The van der Waals surface area contributed by atoms with Crippen molar-refractivity contribution in [3.8, 4) is 6.07 Å². The van der Waals surface area contributed by atoms with Crippen LogP contribution < -0.4 is 0 Å². The Labute approximate surface area is 190 Å². The van der Waals surface area contributed by atoms with E-state index in [4.69, 9.17) is 5.26 Å². The van der Waals surface area contributed by atoms with Gasteiger partial charge in [-0.15, -0.1) is 0 Å². The van der Waals surface area contributed by atoms with Crippen molar-refractivity contribution in [1.29, 1.82) is 5.26 Å². The molecule has 1 heterocycles. The number of nitrogens with zero attached hydrogens (tertiary/aromatic N) is 3. The summed E-state index contributed by atoms with van der Waals surface area (Å²) in [6.07, 6.45) is 6.60. The van der Waals surface area contributed by atoms with Crippen LogP contribution in [0.1, 0.15) is 40.6 Å². The molecule has 33 heavy (non-hydrogen) atoms. The lowest BCUT2D eigenvalue weighted by Crippen LogP contribution is -2.00. The maximum absolute atomic E-state index is 15.1. The highest BCUT2D eigenvalue weighted by Gasteiger charge is 2.13. The van der Waals surface area contributed by atoms with Crippen molar-refractivity contribution in [3.63, 3.8) is 0 Å². The van der Waals surface area contributed by atoms with Crippen LogP contribution in [-0.2, 0) is 32.1 Å². The van der Waals surface area contributed by atoms with Gasteiger partial charge in [0, 0.05) is 24.2 Å². The lowest BCUT2D eigenvalue weighted by Gasteiger charge is -2.09. The first-order chi connectivity index (χ1) is 16.0. The SMILES string of the molecule is CCc1cnc(CCc2ccc3c(F)c(CCc4cc(F)c(C#N)c(F)c4)ccc3c2)nc1. The van der Waals surface area contributed by atoms with Gasteiger partial charge < -0.3 is 0 Å². The quantitative estimate of drug-likeness (QED) is 0.348. The molecule has 3 nitrogen and oxygen atoms in total. The summed E-state index contributed by atoms with van der Waals surface area (Å²) in [7, 11) is 0. The Hall–Kier alpha value is -3.72. The summed E-state index contributed by atoms with van der Waals surface area (Å²) >= 11 is 0. The molecule has 3 aromatic carbocycles. The van der Waals surface area contributed by atoms with Crippen molar-refractivity contribution in [2.45, 2.75) is 39.0 Å². The lowest BCUT2D eigenvalue weighted by molar-refractivity contribution is 0.572. The van der Waals surface area contributed by atoms with Crippen molar-refractivity contribution in [3.05, 3.63) is 106 Å². The monoisotopic (exact) mass is 445 g/mol. The zero-order valence-electron chi connectivity index (χ0n) is 18.2. The molecule has 0 N–H and O–H groups in total. The molecule has 1 aromatic heterocycles. The predicted octanol–water partition coefficient (Wildman–Crippen LogP) is 6.05. The third kappa shape index (κ3) is 5.04. The van der Waals surface area contributed by atoms with Gasteiger partial charge in [0.1, 0.15) is 34.9 Å². The molecule has 0 fully saturated rings. The van der Waals surface area contributed by atoms with Crippen LogP contribution in [0.4, 0.5) is 13.2 Å². The summed E-state index contributed by atoms with van der Waals surface area (Å²) < 4.78 is 42.7. The summed E-state index contributed by atoms with van der Waals surface area (Å²) in [5, 5.41) is 10.1. The first kappa shape index (κ1) is 22.5. The third-order valence-electron chi connectivity index (χ3n) is 5.80. The molecular weight excluding hydrogens is 423 g/mol. The Balaban J connectivity index is 1.47. The maximum atomic E-state index is 15.1. The normalized spacial score (nSPS) is 11.0. The summed E-state index contributed by atoms with van der Waals surface area (Å²) in [6.45, 7) is 2.06. The van der Waals surface area contributed by atoms with Crippen molar-refractivity contribution < 1.29 is 13.2 Å². The second-order valence-electron chi connectivity index (χ2n) is 8.00. The van der Waals surface area contributed by atoms with Crippen molar-refractivity contribution >= 4 is 10.8 Å². The molecule has 0 aliphatic carbocycles. The van der Waals surface area contributed by atoms with Gasteiger partial charge in [0.2, 0.25) is 0 Å². The van der Waals surface area contributed by atoms with Gasteiger partial charge in [0.05, 0.1) is 0 Å². The van der Waals surface area contributed by atoms with Crippen LogP contribution in [0, 0.1) is 28.8 Å². The highest BCUT2D eigenvalue weighted by atomic mass is 19.1. The van der Waals surface area contributed by atoms with Crippen LogP contribution in [0.5, 0.6) is 0 Å². The molecule has 4 aromatic rings. The largest absolute Gasteiger partial charge is 0.241 e. The summed E-state index contributed by atoms with van der Waals surface area (Å²) in [4.78, 5) is 8.77. The number of hydrogen-bond donors (Lipinski definition) is 0. The Bertz CT molecular complexity index is 1320. The molecule has 0 amide bonds. The first-order valence-electron chi connectivity index (χ1n) is 10.9. The van der Waals surface area contributed by atoms with E-state index in [1.54, 1.807) is 12.1 Å². The summed E-state index contributed by atoms with van der Waals surface area (Å²) in [5.41, 5.74) is 2.43. The van der Waals surface area contributed by atoms with E-state index in [9.17, 15) is 8.78 Å². The standard InChI is InChI=1S/C27H22F3N3/c1-2-17-15-32-26(33-16-17)10-5-18-4-9-22-21(11-18)8-7-20(27(22)30)6-3-19-12-24(28)23(14-31)25(29)13-19/h4,7-9,11-13,15-16H,2-3,5-6,10H2,1H3. The van der Waals surface area contributed by atoms with Gasteiger partial charge >= 0.3 is 0 Å². The molecule has 6 heteroatoms. The van der Waals surface area contributed by atoms with Gasteiger partial charge in [-0.05, 0) is 65.5 Å². The van der Waals surface area contributed by atoms with Crippen LogP contribution in [0.2, 0.25) is 0 Å². The number of benzene rings is 3. The molecule has 0 saturated carbocycles. The molecule has 0 radical (unpaired) electrons. The first-order valence-corrected chi connectivity index (χ1v) is 10.9. The topological polar surface area (TPSA) is 49.6 Å². The molecular formula is C27H22F3N3. The molecule has 0 aliphatic heterocycles. The van der Waals surface area contributed by atoms with E-state index in [0.29, 0.717) is 29.4 Å². The van der Waals surface area contributed by atoms with Gasteiger partial charge in [-0.25, -0.2) is 23.1 Å². The average molecular weight is 445 g/mol. The number of halogens is 3. The number of fused-ring (bicyclic) bond motifs is 1. The minimum absolute atomic E-state index is 0.261. The molecule has 0 spiro atoms. The van der Waals surface area contributed by atoms with E-state index in [2.05, 4.69) is 16.9 Å². The van der Waals surface area contributed by atoms with Crippen LogP contribution in [-0.4, -0.2) is 9.97 Å². The number of rotatable bonds is 7. The minimum atomic E-state index is -0.897. The fraction of sp³-hybridized carbons (Fsp3) is 0.222. The van der Waals surface area contributed by atoms with Crippen LogP contribution >= 0.6 is 0 Å². The predicted molar refractivity (Wildman–Crippen MR) is 121 cm³/mol. The second kappa shape index (κ2) is 9.83. The van der Waals surface area contributed by atoms with E-state index in [1.165, 1.54) is 6.07 Å². The molecule has 0 aliphatic rings. The Morgan fingerprint density at radius 1 is 0.788 bits per heavy atom. The van der Waals surface area contributed by atoms with Crippen LogP contribution in [0.25, 0.3) is 10.8 Å². The van der Waals surface area contributed by atoms with Crippen molar-refractivity contribution in [1.82, 2.24) is 9.97 Å². The summed E-state index contributed by atoms with van der Waals surface area (Å²) in [6, 6.07) is 13.0. The highest BCUT2D eigenvalue weighted by Crippen LogP contribution is 2.25. The molecule has 0 atom stereocenters. The Morgan fingerprint density at radius 3 is 2.15 bits per heavy atom. The third-order valence-corrected chi connectivity index (χ3v) is 5.80. The number of nitriles is 1. The maximum Gasteiger partial charge on any atom is 0.144 e. The van der Waals surface area contributed by atoms with Gasteiger partial charge in [-0.2, -0.15) is 5.26 Å². The number of hydrogen-bond acceptors (Lipinski definition) is 3. The van der Waals surface area contributed by atoms with Gasteiger partial charge in [-0.1, -0.05) is 37.3 Å². The van der Waals surface area contributed by atoms with Crippen molar-refractivity contribution in [2.24, 2.45) is 0 Å². The Kier molecular flexibility index (Phi) is 6.69. The van der Waals surface area contributed by atoms with Crippen LogP contribution in [0.3, 0.4) is 0 Å². The fourth-order valence-corrected chi connectivity index (χ4v) is 3.84. The number of aryl methyl sites for hydroxylation is 5. The molecule has 0 unspecified atom stereocenters. The highest BCUT2D eigenvalue weighted by molar-refractivity contribution is 5.84. The second-order valence-corrected chi connectivity index (χ2v) is 8.00. The minimum Gasteiger partial charge on any atom is -0.241 e. The van der Waals surface area contributed by atoms with Crippen LogP contribution in [0.15, 0.2) is 54.9 Å². The van der Waals surface area contributed by atoms with E-state index < -0.39 is 17.2 Å². The fourth-order valence-electron chi connectivity index (χ4n) is 3.84. The van der Waals surface area contributed by atoms with E-state index in [0.717, 1.165) is 47.3 Å².